The Kier molecular flexibility index (Phi) is 7.87. The topological polar surface area (TPSA) is 24.5 Å². The van der Waals surface area contributed by atoms with Crippen molar-refractivity contribution in [1.29, 1.82) is 0 Å². The van der Waals surface area contributed by atoms with Crippen LogP contribution in [0.4, 0.5) is 0 Å². The standard InChI is InChI=1S/C15H32N2O/c1-5-17(14(3)12-18-4)11-10-16-15-8-6-13(2)7-9-15/h13-16H,5-12H2,1-4H3. The van der Waals surface area contributed by atoms with Gasteiger partial charge in [0, 0.05) is 32.3 Å². The third kappa shape index (κ3) is 5.68. The highest BCUT2D eigenvalue weighted by Gasteiger charge is 2.18. The lowest BCUT2D eigenvalue weighted by molar-refractivity contribution is 0.102. The summed E-state index contributed by atoms with van der Waals surface area (Å²) >= 11 is 0. The second-order valence-electron chi connectivity index (χ2n) is 5.84. The van der Waals surface area contributed by atoms with Gasteiger partial charge in [-0.2, -0.15) is 0 Å². The number of methoxy groups -OCH3 is 1. The van der Waals surface area contributed by atoms with Gasteiger partial charge in [0.25, 0.3) is 0 Å². The average molecular weight is 256 g/mol. The smallest absolute Gasteiger partial charge is 0.0615 e. The van der Waals surface area contributed by atoms with E-state index in [9.17, 15) is 0 Å². The fourth-order valence-electron chi connectivity index (χ4n) is 2.91. The molecule has 3 nitrogen and oxygen atoms in total. The van der Waals surface area contributed by atoms with E-state index in [1.54, 1.807) is 7.11 Å². The second-order valence-corrected chi connectivity index (χ2v) is 5.84. The lowest BCUT2D eigenvalue weighted by Crippen LogP contribution is -2.43. The number of rotatable bonds is 8. The fraction of sp³-hybridized carbons (Fsp3) is 1.00. The van der Waals surface area contributed by atoms with Gasteiger partial charge in [-0.05, 0) is 45.1 Å². The van der Waals surface area contributed by atoms with Crippen molar-refractivity contribution >= 4 is 0 Å². The molecule has 0 aliphatic heterocycles. The van der Waals surface area contributed by atoms with Crippen LogP contribution in [0, 0.1) is 5.92 Å². The zero-order valence-corrected chi connectivity index (χ0v) is 12.7. The lowest BCUT2D eigenvalue weighted by atomic mass is 9.87. The predicted molar refractivity (Wildman–Crippen MR) is 78.0 cm³/mol. The highest BCUT2D eigenvalue weighted by molar-refractivity contribution is 4.76. The van der Waals surface area contributed by atoms with Crippen LogP contribution in [0.5, 0.6) is 0 Å². The largest absolute Gasteiger partial charge is 0.383 e. The fourth-order valence-corrected chi connectivity index (χ4v) is 2.91. The maximum absolute atomic E-state index is 5.23. The maximum atomic E-state index is 5.23. The first-order valence-corrected chi connectivity index (χ1v) is 7.63. The van der Waals surface area contributed by atoms with Gasteiger partial charge in [-0.15, -0.1) is 0 Å². The third-order valence-electron chi connectivity index (χ3n) is 4.29. The van der Waals surface area contributed by atoms with Gasteiger partial charge in [-0.1, -0.05) is 13.8 Å². The van der Waals surface area contributed by atoms with Crippen molar-refractivity contribution in [2.24, 2.45) is 5.92 Å². The van der Waals surface area contributed by atoms with Crippen molar-refractivity contribution in [2.75, 3.05) is 33.4 Å². The summed E-state index contributed by atoms with van der Waals surface area (Å²) in [6.45, 7) is 11.0. The van der Waals surface area contributed by atoms with Crippen LogP contribution in [-0.2, 0) is 4.74 Å². The molecule has 18 heavy (non-hydrogen) atoms. The molecule has 3 heteroatoms. The average Bonchev–Trinajstić information content (AvgIpc) is 2.37. The number of nitrogens with zero attached hydrogens (tertiary/aromatic N) is 1. The van der Waals surface area contributed by atoms with Crippen molar-refractivity contribution in [3.8, 4) is 0 Å². The molecule has 0 amide bonds. The molecule has 0 heterocycles. The molecule has 1 atom stereocenters. The highest BCUT2D eigenvalue weighted by atomic mass is 16.5. The zero-order chi connectivity index (χ0) is 13.4. The van der Waals surface area contributed by atoms with Gasteiger partial charge in [0.1, 0.15) is 0 Å². The highest BCUT2D eigenvalue weighted by Crippen LogP contribution is 2.23. The van der Waals surface area contributed by atoms with Crippen LogP contribution in [-0.4, -0.2) is 50.3 Å². The Morgan fingerprint density at radius 3 is 2.50 bits per heavy atom. The third-order valence-corrected chi connectivity index (χ3v) is 4.29. The molecule has 1 unspecified atom stereocenters. The number of nitrogens with one attached hydrogen (secondary N) is 1. The van der Waals surface area contributed by atoms with Gasteiger partial charge >= 0.3 is 0 Å². The number of hydrogen-bond acceptors (Lipinski definition) is 3. The molecule has 1 aliphatic carbocycles. The summed E-state index contributed by atoms with van der Waals surface area (Å²) in [5.41, 5.74) is 0. The van der Waals surface area contributed by atoms with E-state index < -0.39 is 0 Å². The SMILES string of the molecule is CCN(CCNC1CCC(C)CC1)C(C)COC. The molecular weight excluding hydrogens is 224 g/mol. The van der Waals surface area contributed by atoms with Crippen molar-refractivity contribution in [1.82, 2.24) is 10.2 Å². The first-order valence-electron chi connectivity index (χ1n) is 7.63. The molecular formula is C15H32N2O. The van der Waals surface area contributed by atoms with Crippen LogP contribution < -0.4 is 5.32 Å². The van der Waals surface area contributed by atoms with Crippen LogP contribution in [0.2, 0.25) is 0 Å². The van der Waals surface area contributed by atoms with Gasteiger partial charge < -0.3 is 10.1 Å². The van der Waals surface area contributed by atoms with E-state index in [-0.39, 0.29) is 0 Å². The van der Waals surface area contributed by atoms with E-state index >= 15 is 0 Å². The quantitative estimate of drug-likeness (QED) is 0.722. The molecule has 0 saturated heterocycles. The lowest BCUT2D eigenvalue weighted by Gasteiger charge is -2.30. The Morgan fingerprint density at radius 2 is 1.94 bits per heavy atom. The summed E-state index contributed by atoms with van der Waals surface area (Å²) < 4.78 is 5.23. The molecule has 0 aromatic rings. The number of hydrogen-bond donors (Lipinski definition) is 1. The summed E-state index contributed by atoms with van der Waals surface area (Å²) in [4.78, 5) is 2.49. The normalized spacial score (nSPS) is 26.5. The Morgan fingerprint density at radius 1 is 1.28 bits per heavy atom. The summed E-state index contributed by atoms with van der Waals surface area (Å²) in [7, 11) is 1.78. The molecule has 1 rings (SSSR count). The van der Waals surface area contributed by atoms with E-state index in [0.717, 1.165) is 38.2 Å². The second kappa shape index (κ2) is 8.89. The van der Waals surface area contributed by atoms with Gasteiger partial charge in [0.2, 0.25) is 0 Å². The first kappa shape index (κ1) is 15.9. The van der Waals surface area contributed by atoms with Crippen molar-refractivity contribution in [3.63, 3.8) is 0 Å². The van der Waals surface area contributed by atoms with Crippen LogP contribution in [0.15, 0.2) is 0 Å². The predicted octanol–water partition coefficient (Wildman–Crippen LogP) is 2.51. The van der Waals surface area contributed by atoms with Gasteiger partial charge in [-0.3, -0.25) is 4.90 Å². The van der Waals surface area contributed by atoms with Crippen LogP contribution >= 0.6 is 0 Å². The molecule has 1 saturated carbocycles. The van der Waals surface area contributed by atoms with Crippen molar-refractivity contribution in [3.05, 3.63) is 0 Å². The summed E-state index contributed by atoms with van der Waals surface area (Å²) in [5, 5.41) is 3.72. The van der Waals surface area contributed by atoms with Crippen LogP contribution in [0.1, 0.15) is 46.5 Å². The Labute approximate surface area is 113 Å². The molecule has 1 N–H and O–H groups in total. The minimum absolute atomic E-state index is 0.521. The van der Waals surface area contributed by atoms with Crippen LogP contribution in [0.25, 0.3) is 0 Å². The Hall–Kier alpha value is -0.120. The minimum atomic E-state index is 0.521. The summed E-state index contributed by atoms with van der Waals surface area (Å²) in [6.07, 6.45) is 5.52. The van der Waals surface area contributed by atoms with E-state index in [2.05, 4.69) is 31.0 Å². The summed E-state index contributed by atoms with van der Waals surface area (Å²) in [6, 6.07) is 1.28. The van der Waals surface area contributed by atoms with Crippen molar-refractivity contribution in [2.45, 2.75) is 58.5 Å². The monoisotopic (exact) mass is 256 g/mol. The molecule has 0 bridgehead atoms. The zero-order valence-electron chi connectivity index (χ0n) is 12.7. The number of likely N-dealkylation sites (N-methyl/N-ethyl adjacent to an activating group) is 1. The Bertz CT molecular complexity index is 203. The van der Waals surface area contributed by atoms with Crippen molar-refractivity contribution < 1.29 is 4.74 Å². The molecule has 108 valence electrons. The minimum Gasteiger partial charge on any atom is -0.383 e. The molecule has 1 aliphatic rings. The molecule has 0 aromatic carbocycles. The first-order chi connectivity index (χ1) is 8.67. The summed E-state index contributed by atoms with van der Waals surface area (Å²) in [5.74, 6) is 0.942. The van der Waals surface area contributed by atoms with Gasteiger partial charge in [0.15, 0.2) is 0 Å². The number of ether oxygens (including phenoxy) is 1. The molecule has 0 spiro atoms. The molecule has 0 aromatic heterocycles. The van der Waals surface area contributed by atoms with Crippen LogP contribution in [0.3, 0.4) is 0 Å². The van der Waals surface area contributed by atoms with E-state index in [1.165, 1.54) is 25.7 Å². The van der Waals surface area contributed by atoms with E-state index in [1.807, 2.05) is 0 Å². The molecule has 1 fully saturated rings. The Balaban J connectivity index is 2.15. The van der Waals surface area contributed by atoms with Gasteiger partial charge in [-0.25, -0.2) is 0 Å². The van der Waals surface area contributed by atoms with E-state index in [4.69, 9.17) is 4.74 Å². The maximum Gasteiger partial charge on any atom is 0.0615 e. The van der Waals surface area contributed by atoms with E-state index in [0.29, 0.717) is 6.04 Å². The van der Waals surface area contributed by atoms with Gasteiger partial charge in [0.05, 0.1) is 6.61 Å². The molecule has 0 radical (unpaired) electrons.